The number of anilines is 1. The van der Waals surface area contributed by atoms with E-state index in [1.807, 2.05) is 6.92 Å². The van der Waals surface area contributed by atoms with E-state index < -0.39 is 15.8 Å². The van der Waals surface area contributed by atoms with Gasteiger partial charge in [-0.2, -0.15) is 0 Å². The van der Waals surface area contributed by atoms with Crippen LogP contribution in [0.25, 0.3) is 5.65 Å². The highest BCUT2D eigenvalue weighted by Crippen LogP contribution is 2.27. The number of fused-ring (bicyclic) bond motifs is 1. The second-order valence-corrected chi connectivity index (χ2v) is 8.36. The Morgan fingerprint density at radius 1 is 0.966 bits per heavy atom. The minimum absolute atomic E-state index is 0.0830. The van der Waals surface area contributed by atoms with E-state index in [9.17, 15) is 12.8 Å². The van der Waals surface area contributed by atoms with Crippen molar-refractivity contribution in [1.82, 2.24) is 14.6 Å². The SMILES string of the molecule is CCc1nnc2ccc(S(=O)(=O)N(Cc3ccccc3F)c3ccccc3)cn12. The van der Waals surface area contributed by atoms with Crippen LogP contribution < -0.4 is 4.31 Å². The number of halogens is 1. The van der Waals surface area contributed by atoms with Crippen LogP contribution in [0.3, 0.4) is 0 Å². The normalized spacial score (nSPS) is 11.7. The zero-order valence-corrected chi connectivity index (χ0v) is 16.6. The van der Waals surface area contributed by atoms with Crippen molar-refractivity contribution in [2.45, 2.75) is 24.8 Å². The van der Waals surface area contributed by atoms with Gasteiger partial charge >= 0.3 is 0 Å². The minimum atomic E-state index is -3.97. The van der Waals surface area contributed by atoms with Crippen LogP contribution in [0.2, 0.25) is 0 Å². The lowest BCUT2D eigenvalue weighted by Gasteiger charge is -2.25. The number of aromatic nitrogens is 3. The van der Waals surface area contributed by atoms with Crippen LogP contribution in [0.1, 0.15) is 18.3 Å². The van der Waals surface area contributed by atoms with Gasteiger partial charge in [0.15, 0.2) is 5.65 Å². The number of sulfonamides is 1. The molecule has 6 nitrogen and oxygen atoms in total. The second kappa shape index (κ2) is 7.63. The molecule has 0 bridgehead atoms. The Morgan fingerprint density at radius 3 is 2.41 bits per heavy atom. The molecule has 2 aromatic carbocycles. The number of rotatable bonds is 6. The third kappa shape index (κ3) is 3.58. The molecule has 4 rings (SSSR count). The summed E-state index contributed by atoms with van der Waals surface area (Å²) in [6, 6.07) is 17.9. The van der Waals surface area contributed by atoms with Crippen molar-refractivity contribution in [2.75, 3.05) is 4.31 Å². The molecule has 4 aromatic rings. The van der Waals surface area contributed by atoms with Crippen molar-refractivity contribution in [2.24, 2.45) is 0 Å². The molecule has 0 fully saturated rings. The lowest BCUT2D eigenvalue weighted by Crippen LogP contribution is -2.31. The Hall–Kier alpha value is -3.26. The van der Waals surface area contributed by atoms with E-state index in [0.29, 0.717) is 29.1 Å². The van der Waals surface area contributed by atoms with Gasteiger partial charge in [0.05, 0.1) is 12.2 Å². The van der Waals surface area contributed by atoms with Crippen LogP contribution in [0.15, 0.2) is 77.8 Å². The van der Waals surface area contributed by atoms with Gasteiger partial charge in [0, 0.05) is 18.2 Å². The monoisotopic (exact) mass is 410 g/mol. The van der Waals surface area contributed by atoms with E-state index in [2.05, 4.69) is 10.2 Å². The summed E-state index contributed by atoms with van der Waals surface area (Å²) in [5.41, 5.74) is 1.32. The van der Waals surface area contributed by atoms with Gasteiger partial charge in [-0.05, 0) is 30.3 Å². The Kier molecular flexibility index (Phi) is 5.02. The topological polar surface area (TPSA) is 67.6 Å². The first kappa shape index (κ1) is 19.1. The van der Waals surface area contributed by atoms with Crippen molar-refractivity contribution in [3.8, 4) is 0 Å². The maximum absolute atomic E-state index is 14.3. The Balaban J connectivity index is 1.84. The fraction of sp³-hybridized carbons (Fsp3) is 0.143. The second-order valence-electron chi connectivity index (χ2n) is 6.50. The summed E-state index contributed by atoms with van der Waals surface area (Å²) < 4.78 is 44.3. The largest absolute Gasteiger partial charge is 0.285 e. The highest BCUT2D eigenvalue weighted by atomic mass is 32.2. The first-order chi connectivity index (χ1) is 14.0. The maximum atomic E-state index is 14.3. The van der Waals surface area contributed by atoms with Crippen LogP contribution in [-0.2, 0) is 23.0 Å². The number of pyridine rings is 1. The smallest absolute Gasteiger partial charge is 0.266 e. The van der Waals surface area contributed by atoms with E-state index in [4.69, 9.17) is 0 Å². The maximum Gasteiger partial charge on any atom is 0.266 e. The first-order valence-electron chi connectivity index (χ1n) is 9.15. The molecular weight excluding hydrogens is 391 g/mol. The summed E-state index contributed by atoms with van der Waals surface area (Å²) in [6.07, 6.45) is 2.13. The Morgan fingerprint density at radius 2 is 1.69 bits per heavy atom. The highest BCUT2D eigenvalue weighted by Gasteiger charge is 2.27. The van der Waals surface area contributed by atoms with Crippen molar-refractivity contribution in [3.05, 3.63) is 90.1 Å². The highest BCUT2D eigenvalue weighted by molar-refractivity contribution is 7.92. The molecular formula is C21H19FN4O2S. The summed E-state index contributed by atoms with van der Waals surface area (Å²) in [5.74, 6) is 0.212. The molecule has 0 saturated heterocycles. The summed E-state index contributed by atoms with van der Waals surface area (Å²) in [7, 11) is -3.97. The molecule has 0 aliphatic heterocycles. The van der Waals surface area contributed by atoms with E-state index in [1.165, 1.54) is 22.6 Å². The van der Waals surface area contributed by atoms with Gasteiger partial charge in [-0.15, -0.1) is 10.2 Å². The molecule has 0 saturated carbocycles. The third-order valence-corrected chi connectivity index (χ3v) is 6.42. The molecule has 0 N–H and O–H groups in total. The Labute approximate surface area is 168 Å². The number of hydrogen-bond donors (Lipinski definition) is 0. The fourth-order valence-corrected chi connectivity index (χ4v) is 4.57. The van der Waals surface area contributed by atoms with E-state index >= 15 is 0 Å². The molecule has 0 unspecified atom stereocenters. The van der Waals surface area contributed by atoms with Gasteiger partial charge in [-0.1, -0.05) is 43.3 Å². The summed E-state index contributed by atoms with van der Waals surface area (Å²) in [4.78, 5) is 0.0830. The van der Waals surface area contributed by atoms with Crippen LogP contribution in [0, 0.1) is 5.82 Å². The number of benzene rings is 2. The molecule has 148 valence electrons. The predicted molar refractivity (Wildman–Crippen MR) is 109 cm³/mol. The van der Waals surface area contributed by atoms with Gasteiger partial charge in [-0.25, -0.2) is 12.8 Å². The van der Waals surface area contributed by atoms with Crippen molar-refractivity contribution in [1.29, 1.82) is 0 Å². The van der Waals surface area contributed by atoms with Crippen molar-refractivity contribution < 1.29 is 12.8 Å². The zero-order valence-electron chi connectivity index (χ0n) is 15.7. The van der Waals surface area contributed by atoms with Crippen LogP contribution in [0.5, 0.6) is 0 Å². The molecule has 2 heterocycles. The summed E-state index contributed by atoms with van der Waals surface area (Å²) in [5, 5.41) is 8.12. The van der Waals surface area contributed by atoms with Crippen LogP contribution in [0.4, 0.5) is 10.1 Å². The summed E-state index contributed by atoms with van der Waals surface area (Å²) >= 11 is 0. The zero-order chi connectivity index (χ0) is 20.4. The van der Waals surface area contributed by atoms with E-state index in [1.54, 1.807) is 59.0 Å². The minimum Gasteiger partial charge on any atom is -0.285 e. The van der Waals surface area contributed by atoms with Gasteiger partial charge in [0.1, 0.15) is 16.5 Å². The van der Waals surface area contributed by atoms with Crippen LogP contribution >= 0.6 is 0 Å². The fourth-order valence-electron chi connectivity index (χ4n) is 3.13. The molecule has 0 aliphatic rings. The first-order valence-corrected chi connectivity index (χ1v) is 10.6. The molecule has 0 radical (unpaired) electrons. The number of hydrogen-bond acceptors (Lipinski definition) is 4. The van der Waals surface area contributed by atoms with Gasteiger partial charge < -0.3 is 0 Å². The lowest BCUT2D eigenvalue weighted by molar-refractivity contribution is 0.584. The molecule has 0 amide bonds. The molecule has 2 aromatic heterocycles. The average molecular weight is 410 g/mol. The number of para-hydroxylation sites is 1. The lowest BCUT2D eigenvalue weighted by atomic mass is 10.2. The van der Waals surface area contributed by atoms with Gasteiger partial charge in [0.2, 0.25) is 0 Å². The number of nitrogens with zero attached hydrogens (tertiary/aromatic N) is 4. The molecule has 29 heavy (non-hydrogen) atoms. The number of aryl methyl sites for hydroxylation is 1. The third-order valence-electron chi connectivity index (χ3n) is 4.67. The van der Waals surface area contributed by atoms with Crippen LogP contribution in [-0.4, -0.2) is 23.0 Å². The van der Waals surface area contributed by atoms with Gasteiger partial charge in [-0.3, -0.25) is 8.71 Å². The quantitative estimate of drug-likeness (QED) is 0.485. The molecule has 0 aliphatic carbocycles. The average Bonchev–Trinajstić information content (AvgIpc) is 3.16. The van der Waals surface area contributed by atoms with Crippen molar-refractivity contribution in [3.63, 3.8) is 0 Å². The standard InChI is InChI=1S/C21H19FN4O2S/c1-2-20-23-24-21-13-12-18(15-25(20)21)29(27,28)26(17-9-4-3-5-10-17)14-16-8-6-7-11-19(16)22/h3-13,15H,2,14H2,1H3. The summed E-state index contributed by atoms with van der Waals surface area (Å²) in [6.45, 7) is 1.80. The molecule has 8 heteroatoms. The predicted octanol–water partition coefficient (Wildman–Crippen LogP) is 3.83. The molecule has 0 spiro atoms. The van der Waals surface area contributed by atoms with E-state index in [0.717, 1.165) is 0 Å². The van der Waals surface area contributed by atoms with Gasteiger partial charge in [0.25, 0.3) is 10.0 Å². The Bertz CT molecular complexity index is 1260. The van der Waals surface area contributed by atoms with E-state index in [-0.39, 0.29) is 11.4 Å². The molecule has 0 atom stereocenters. The van der Waals surface area contributed by atoms with Crippen molar-refractivity contribution >= 4 is 21.4 Å².